The molecule has 0 saturated heterocycles. The Bertz CT molecular complexity index is 836. The first-order chi connectivity index (χ1) is 12.1. The highest BCUT2D eigenvalue weighted by Gasteiger charge is 2.15. The second kappa shape index (κ2) is 7.97. The van der Waals surface area contributed by atoms with Gasteiger partial charge in [0.2, 0.25) is 0 Å². The number of thiophene rings is 1. The van der Waals surface area contributed by atoms with E-state index in [0.29, 0.717) is 11.7 Å². The largest absolute Gasteiger partial charge is 0.302 e. The molecule has 0 N–H and O–H groups in total. The molecule has 6 heteroatoms. The van der Waals surface area contributed by atoms with Crippen molar-refractivity contribution in [2.75, 3.05) is 5.75 Å². The number of carbonyl (C=O) groups is 1. The monoisotopic (exact) mass is 371 g/mol. The van der Waals surface area contributed by atoms with E-state index in [-0.39, 0.29) is 5.78 Å². The zero-order chi connectivity index (χ0) is 17.8. The van der Waals surface area contributed by atoms with E-state index < -0.39 is 0 Å². The first-order valence-electron chi connectivity index (χ1n) is 8.33. The third kappa shape index (κ3) is 4.02. The van der Waals surface area contributed by atoms with E-state index in [0.717, 1.165) is 28.0 Å². The summed E-state index contributed by atoms with van der Waals surface area (Å²) in [6.45, 7) is 7.14. The number of rotatable bonds is 7. The van der Waals surface area contributed by atoms with Gasteiger partial charge in [-0.2, -0.15) is 0 Å². The minimum Gasteiger partial charge on any atom is -0.302 e. The lowest BCUT2D eigenvalue weighted by Crippen LogP contribution is -2.05. The molecular formula is C19H21N3OS2. The van der Waals surface area contributed by atoms with Crippen LogP contribution in [0.4, 0.5) is 0 Å². The Morgan fingerprint density at radius 3 is 2.56 bits per heavy atom. The van der Waals surface area contributed by atoms with Crippen LogP contribution < -0.4 is 0 Å². The smallest absolute Gasteiger partial charge is 0.191 e. The van der Waals surface area contributed by atoms with Crippen molar-refractivity contribution in [1.29, 1.82) is 0 Å². The van der Waals surface area contributed by atoms with E-state index in [1.54, 1.807) is 11.3 Å². The molecule has 3 rings (SSSR count). The van der Waals surface area contributed by atoms with Gasteiger partial charge < -0.3 is 4.57 Å². The summed E-state index contributed by atoms with van der Waals surface area (Å²) >= 11 is 3.09. The van der Waals surface area contributed by atoms with E-state index in [1.165, 1.54) is 17.3 Å². The molecule has 4 nitrogen and oxygen atoms in total. The van der Waals surface area contributed by atoms with Crippen LogP contribution in [0.5, 0.6) is 0 Å². The quantitative estimate of drug-likeness (QED) is 0.427. The SMILES string of the molecule is CCn1c(SCC(=O)c2ccc(C(C)C)cc2)nnc1-c1cccs1. The molecule has 0 aliphatic heterocycles. The van der Waals surface area contributed by atoms with Crippen LogP contribution in [0, 0.1) is 0 Å². The summed E-state index contributed by atoms with van der Waals surface area (Å²) in [5.41, 5.74) is 1.99. The lowest BCUT2D eigenvalue weighted by atomic mass is 10.0. The van der Waals surface area contributed by atoms with Crippen molar-refractivity contribution >= 4 is 28.9 Å². The van der Waals surface area contributed by atoms with Gasteiger partial charge in [0.15, 0.2) is 16.8 Å². The lowest BCUT2D eigenvalue weighted by molar-refractivity contribution is 0.102. The number of ketones is 1. The second-order valence-electron chi connectivity index (χ2n) is 6.02. The Morgan fingerprint density at radius 1 is 1.20 bits per heavy atom. The highest BCUT2D eigenvalue weighted by Crippen LogP contribution is 2.27. The van der Waals surface area contributed by atoms with Crippen LogP contribution in [0.3, 0.4) is 0 Å². The Balaban J connectivity index is 1.70. The van der Waals surface area contributed by atoms with Gasteiger partial charge in [-0.15, -0.1) is 21.5 Å². The molecular weight excluding hydrogens is 350 g/mol. The van der Waals surface area contributed by atoms with E-state index in [1.807, 2.05) is 41.8 Å². The first-order valence-corrected chi connectivity index (χ1v) is 10.2. The standard InChI is InChI=1S/C19H21N3OS2/c1-4-22-18(17-6-5-11-24-17)20-21-19(22)25-12-16(23)15-9-7-14(8-10-15)13(2)3/h5-11,13H,4,12H2,1-3H3. The highest BCUT2D eigenvalue weighted by molar-refractivity contribution is 7.99. The topological polar surface area (TPSA) is 47.8 Å². The maximum absolute atomic E-state index is 12.5. The second-order valence-corrected chi connectivity index (χ2v) is 7.91. The van der Waals surface area contributed by atoms with Crippen LogP contribution in [0.2, 0.25) is 0 Å². The Morgan fingerprint density at radius 2 is 1.96 bits per heavy atom. The number of hydrogen-bond donors (Lipinski definition) is 0. The van der Waals surface area contributed by atoms with Gasteiger partial charge in [0.25, 0.3) is 0 Å². The molecule has 0 aliphatic rings. The molecule has 0 aliphatic carbocycles. The molecule has 0 amide bonds. The summed E-state index contributed by atoms with van der Waals surface area (Å²) in [5, 5.41) is 11.4. The molecule has 0 bridgehead atoms. The number of benzene rings is 1. The summed E-state index contributed by atoms with van der Waals surface area (Å²) in [6, 6.07) is 11.9. The zero-order valence-electron chi connectivity index (χ0n) is 14.6. The van der Waals surface area contributed by atoms with Crippen LogP contribution in [0.15, 0.2) is 46.9 Å². The summed E-state index contributed by atoms with van der Waals surface area (Å²) in [6.07, 6.45) is 0. The minimum atomic E-state index is 0.114. The Labute approximate surface area is 156 Å². The van der Waals surface area contributed by atoms with Gasteiger partial charge in [0.05, 0.1) is 10.6 Å². The first kappa shape index (κ1) is 17.9. The van der Waals surface area contributed by atoms with Crippen LogP contribution in [0.25, 0.3) is 10.7 Å². The average molecular weight is 372 g/mol. The molecule has 0 atom stereocenters. The van der Waals surface area contributed by atoms with Crippen molar-refractivity contribution in [3.63, 3.8) is 0 Å². The zero-order valence-corrected chi connectivity index (χ0v) is 16.2. The van der Waals surface area contributed by atoms with Gasteiger partial charge in [-0.25, -0.2) is 0 Å². The van der Waals surface area contributed by atoms with E-state index in [4.69, 9.17) is 0 Å². The van der Waals surface area contributed by atoms with Crippen LogP contribution in [0.1, 0.15) is 42.6 Å². The van der Waals surface area contributed by atoms with Crippen molar-refractivity contribution in [3.8, 4) is 10.7 Å². The van der Waals surface area contributed by atoms with E-state index in [2.05, 4.69) is 35.5 Å². The van der Waals surface area contributed by atoms with Gasteiger partial charge in [-0.1, -0.05) is 55.9 Å². The molecule has 0 unspecified atom stereocenters. The fraction of sp³-hybridized carbons (Fsp3) is 0.316. The predicted octanol–water partition coefficient (Wildman–Crippen LogP) is 5.12. The van der Waals surface area contributed by atoms with Crippen molar-refractivity contribution in [2.45, 2.75) is 38.4 Å². The van der Waals surface area contributed by atoms with E-state index in [9.17, 15) is 4.79 Å². The maximum Gasteiger partial charge on any atom is 0.191 e. The molecule has 130 valence electrons. The van der Waals surface area contributed by atoms with Gasteiger partial charge in [0.1, 0.15) is 0 Å². The molecule has 0 saturated carbocycles. The fourth-order valence-corrected chi connectivity index (χ4v) is 4.15. The average Bonchev–Trinajstić information content (AvgIpc) is 3.28. The summed E-state index contributed by atoms with van der Waals surface area (Å²) in [5.74, 6) is 1.82. The molecule has 0 fully saturated rings. The number of hydrogen-bond acceptors (Lipinski definition) is 5. The highest BCUT2D eigenvalue weighted by atomic mass is 32.2. The number of nitrogens with zero attached hydrogens (tertiary/aromatic N) is 3. The van der Waals surface area contributed by atoms with Crippen molar-refractivity contribution in [2.24, 2.45) is 0 Å². The molecule has 25 heavy (non-hydrogen) atoms. The lowest BCUT2D eigenvalue weighted by Gasteiger charge is -2.07. The Kier molecular flexibility index (Phi) is 5.71. The molecule has 0 spiro atoms. The normalized spacial score (nSPS) is 11.2. The third-order valence-electron chi connectivity index (χ3n) is 4.01. The van der Waals surface area contributed by atoms with Gasteiger partial charge in [-0.05, 0) is 29.9 Å². The summed E-state index contributed by atoms with van der Waals surface area (Å²) < 4.78 is 2.06. The van der Waals surface area contributed by atoms with E-state index >= 15 is 0 Å². The molecule has 0 radical (unpaired) electrons. The molecule has 3 aromatic rings. The number of Topliss-reactive ketones (excluding diaryl/α,β-unsaturated/α-hetero) is 1. The van der Waals surface area contributed by atoms with Crippen molar-refractivity contribution in [3.05, 3.63) is 52.9 Å². The molecule has 1 aromatic carbocycles. The Hall–Kier alpha value is -1.92. The fourth-order valence-electron chi connectivity index (χ4n) is 2.54. The van der Waals surface area contributed by atoms with Gasteiger partial charge in [-0.3, -0.25) is 4.79 Å². The van der Waals surface area contributed by atoms with Crippen molar-refractivity contribution in [1.82, 2.24) is 14.8 Å². The van der Waals surface area contributed by atoms with Crippen LogP contribution in [-0.2, 0) is 6.54 Å². The maximum atomic E-state index is 12.5. The number of carbonyl (C=O) groups excluding carboxylic acids is 1. The van der Waals surface area contributed by atoms with Gasteiger partial charge in [0, 0.05) is 12.1 Å². The minimum absolute atomic E-state index is 0.114. The third-order valence-corrected chi connectivity index (χ3v) is 5.84. The summed E-state index contributed by atoms with van der Waals surface area (Å²) in [7, 11) is 0. The molecule has 2 aromatic heterocycles. The summed E-state index contributed by atoms with van der Waals surface area (Å²) in [4.78, 5) is 13.6. The van der Waals surface area contributed by atoms with Crippen LogP contribution in [-0.4, -0.2) is 26.3 Å². The molecule has 2 heterocycles. The van der Waals surface area contributed by atoms with Gasteiger partial charge >= 0.3 is 0 Å². The number of aromatic nitrogens is 3. The predicted molar refractivity (Wildman–Crippen MR) is 105 cm³/mol. The van der Waals surface area contributed by atoms with Crippen molar-refractivity contribution < 1.29 is 4.79 Å². The number of thioether (sulfide) groups is 1. The van der Waals surface area contributed by atoms with Crippen LogP contribution >= 0.6 is 23.1 Å².